The molecule has 0 spiro atoms. The first-order valence-corrected chi connectivity index (χ1v) is 5.62. The lowest BCUT2D eigenvalue weighted by Gasteiger charge is -2.08. The molecule has 0 atom stereocenters. The lowest BCUT2D eigenvalue weighted by Crippen LogP contribution is -2.03. The molecule has 3 nitrogen and oxygen atoms in total. The molecule has 0 fully saturated rings. The Bertz CT molecular complexity index is 280. The third-order valence-electron chi connectivity index (χ3n) is 2.00. The van der Waals surface area contributed by atoms with Crippen LogP contribution in [0.25, 0.3) is 0 Å². The number of aliphatic hydroxyl groups is 1. The van der Waals surface area contributed by atoms with Crippen molar-refractivity contribution < 1.29 is 14.6 Å². The molecule has 0 aliphatic heterocycles. The van der Waals surface area contributed by atoms with Gasteiger partial charge in [0.1, 0.15) is 12.4 Å². The molecule has 0 aliphatic carbocycles. The summed E-state index contributed by atoms with van der Waals surface area (Å²) in [5.41, 5.74) is 1.14. The lowest BCUT2D eigenvalue weighted by atomic mass is 10.2. The number of benzene rings is 1. The normalized spacial score (nSPS) is 10.8. The van der Waals surface area contributed by atoms with Crippen LogP contribution in [0.3, 0.4) is 0 Å². The van der Waals surface area contributed by atoms with Gasteiger partial charge in [-0.15, -0.1) is 0 Å². The summed E-state index contributed by atoms with van der Waals surface area (Å²) < 4.78 is 10.8. The van der Waals surface area contributed by atoms with Gasteiger partial charge in [0, 0.05) is 6.61 Å². The molecular formula is C13H20O3. The average molecular weight is 224 g/mol. The Morgan fingerprint density at radius 1 is 1.19 bits per heavy atom. The zero-order chi connectivity index (χ0) is 11.8. The molecule has 1 aromatic carbocycles. The molecule has 0 aliphatic rings. The molecule has 0 saturated heterocycles. The van der Waals surface area contributed by atoms with Crippen molar-refractivity contribution in [3.8, 4) is 5.75 Å². The van der Waals surface area contributed by atoms with Crippen LogP contribution < -0.4 is 4.74 Å². The molecule has 16 heavy (non-hydrogen) atoms. The zero-order valence-corrected chi connectivity index (χ0v) is 9.98. The van der Waals surface area contributed by atoms with E-state index in [9.17, 15) is 0 Å². The van der Waals surface area contributed by atoms with Crippen LogP contribution in [0.4, 0.5) is 0 Å². The smallest absolute Gasteiger partial charge is 0.119 e. The van der Waals surface area contributed by atoms with Crippen molar-refractivity contribution in [1.29, 1.82) is 0 Å². The summed E-state index contributed by atoms with van der Waals surface area (Å²) in [6, 6.07) is 7.74. The van der Waals surface area contributed by atoms with E-state index in [1.54, 1.807) is 0 Å². The average Bonchev–Trinajstić information content (AvgIpc) is 2.27. The van der Waals surface area contributed by atoms with Gasteiger partial charge in [-0.3, -0.25) is 0 Å². The maximum Gasteiger partial charge on any atom is 0.119 e. The van der Waals surface area contributed by atoms with Gasteiger partial charge in [0.2, 0.25) is 0 Å². The van der Waals surface area contributed by atoms with Gasteiger partial charge >= 0.3 is 0 Å². The third-order valence-corrected chi connectivity index (χ3v) is 2.00. The van der Waals surface area contributed by atoms with Crippen LogP contribution in [0.1, 0.15) is 19.4 Å². The molecule has 0 amide bonds. The van der Waals surface area contributed by atoms with E-state index in [2.05, 4.69) is 13.8 Å². The maximum absolute atomic E-state index is 8.61. The van der Waals surface area contributed by atoms with E-state index in [-0.39, 0.29) is 6.61 Å². The molecule has 0 saturated carbocycles. The third kappa shape index (κ3) is 5.14. The van der Waals surface area contributed by atoms with Crippen LogP contribution in [-0.4, -0.2) is 24.9 Å². The van der Waals surface area contributed by atoms with Crippen molar-refractivity contribution >= 4 is 0 Å². The van der Waals surface area contributed by atoms with Crippen molar-refractivity contribution in [3.63, 3.8) is 0 Å². The fourth-order valence-electron chi connectivity index (χ4n) is 1.26. The van der Waals surface area contributed by atoms with E-state index in [0.29, 0.717) is 19.1 Å². The quantitative estimate of drug-likeness (QED) is 0.772. The predicted molar refractivity (Wildman–Crippen MR) is 63.5 cm³/mol. The van der Waals surface area contributed by atoms with Gasteiger partial charge in [0.25, 0.3) is 0 Å². The second kappa shape index (κ2) is 7.25. The molecule has 1 aromatic rings. The zero-order valence-electron chi connectivity index (χ0n) is 9.98. The highest BCUT2D eigenvalue weighted by molar-refractivity contribution is 5.26. The highest BCUT2D eigenvalue weighted by atomic mass is 16.5. The molecular weight excluding hydrogens is 204 g/mol. The predicted octanol–water partition coefficient (Wildman–Crippen LogP) is 2.23. The van der Waals surface area contributed by atoms with Gasteiger partial charge in [-0.1, -0.05) is 26.0 Å². The Balaban J connectivity index is 2.33. The first-order valence-electron chi connectivity index (χ1n) is 5.62. The van der Waals surface area contributed by atoms with Crippen molar-refractivity contribution in [2.24, 2.45) is 5.92 Å². The Morgan fingerprint density at radius 3 is 2.44 bits per heavy atom. The van der Waals surface area contributed by atoms with E-state index < -0.39 is 0 Å². The van der Waals surface area contributed by atoms with Crippen LogP contribution >= 0.6 is 0 Å². The standard InChI is InChI=1S/C13H20O3/c1-11(2)9-15-10-12-3-5-13(6-4-12)16-8-7-14/h3-6,11,14H,7-10H2,1-2H3. The van der Waals surface area contributed by atoms with Crippen LogP contribution in [0.5, 0.6) is 5.75 Å². The van der Waals surface area contributed by atoms with Gasteiger partial charge in [0.15, 0.2) is 0 Å². The summed E-state index contributed by atoms with van der Waals surface area (Å²) in [6.45, 7) is 6.06. The van der Waals surface area contributed by atoms with Crippen LogP contribution in [0.15, 0.2) is 24.3 Å². The number of aliphatic hydroxyl groups excluding tert-OH is 1. The second-order valence-corrected chi connectivity index (χ2v) is 4.12. The van der Waals surface area contributed by atoms with Gasteiger partial charge in [-0.05, 0) is 23.6 Å². The van der Waals surface area contributed by atoms with Crippen molar-refractivity contribution in [2.45, 2.75) is 20.5 Å². The number of ether oxygens (including phenoxy) is 2. The Hall–Kier alpha value is -1.06. The summed E-state index contributed by atoms with van der Waals surface area (Å²) in [7, 11) is 0. The van der Waals surface area contributed by atoms with Gasteiger partial charge in [-0.2, -0.15) is 0 Å². The molecule has 1 N–H and O–H groups in total. The summed E-state index contributed by atoms with van der Waals surface area (Å²) in [6.07, 6.45) is 0. The second-order valence-electron chi connectivity index (χ2n) is 4.12. The summed E-state index contributed by atoms with van der Waals surface area (Å²) in [5, 5.41) is 8.61. The van der Waals surface area contributed by atoms with E-state index in [1.165, 1.54) is 0 Å². The molecule has 1 rings (SSSR count). The molecule has 3 heteroatoms. The Labute approximate surface area is 97.0 Å². The number of hydrogen-bond acceptors (Lipinski definition) is 3. The molecule has 0 aromatic heterocycles. The van der Waals surface area contributed by atoms with Crippen molar-refractivity contribution in [1.82, 2.24) is 0 Å². The van der Waals surface area contributed by atoms with Crippen LogP contribution in [0, 0.1) is 5.92 Å². The summed E-state index contributed by atoms with van der Waals surface area (Å²) in [4.78, 5) is 0. The van der Waals surface area contributed by atoms with Gasteiger partial charge < -0.3 is 14.6 Å². The van der Waals surface area contributed by atoms with E-state index in [0.717, 1.165) is 17.9 Å². The minimum absolute atomic E-state index is 0.0409. The molecule has 0 unspecified atom stereocenters. The maximum atomic E-state index is 8.61. The van der Waals surface area contributed by atoms with E-state index in [4.69, 9.17) is 14.6 Å². The minimum atomic E-state index is 0.0409. The summed E-state index contributed by atoms with van der Waals surface area (Å²) >= 11 is 0. The SMILES string of the molecule is CC(C)COCc1ccc(OCCO)cc1. The molecule has 0 bridgehead atoms. The lowest BCUT2D eigenvalue weighted by molar-refractivity contribution is 0.0970. The van der Waals surface area contributed by atoms with Crippen LogP contribution in [-0.2, 0) is 11.3 Å². The minimum Gasteiger partial charge on any atom is -0.491 e. The Kier molecular flexibility index (Phi) is 5.90. The van der Waals surface area contributed by atoms with Crippen molar-refractivity contribution in [3.05, 3.63) is 29.8 Å². The van der Waals surface area contributed by atoms with Gasteiger partial charge in [0.05, 0.1) is 13.2 Å². The van der Waals surface area contributed by atoms with Gasteiger partial charge in [-0.25, -0.2) is 0 Å². The topological polar surface area (TPSA) is 38.7 Å². The number of rotatable bonds is 7. The summed E-state index contributed by atoms with van der Waals surface area (Å²) in [5.74, 6) is 1.34. The van der Waals surface area contributed by atoms with E-state index in [1.807, 2.05) is 24.3 Å². The van der Waals surface area contributed by atoms with E-state index >= 15 is 0 Å². The molecule has 0 heterocycles. The molecule has 0 radical (unpaired) electrons. The highest BCUT2D eigenvalue weighted by Gasteiger charge is 1.97. The highest BCUT2D eigenvalue weighted by Crippen LogP contribution is 2.12. The first kappa shape index (κ1) is 13.0. The number of hydrogen-bond donors (Lipinski definition) is 1. The monoisotopic (exact) mass is 224 g/mol. The largest absolute Gasteiger partial charge is 0.491 e. The fourth-order valence-corrected chi connectivity index (χ4v) is 1.26. The molecule has 90 valence electrons. The Morgan fingerprint density at radius 2 is 1.88 bits per heavy atom. The fraction of sp³-hybridized carbons (Fsp3) is 0.538. The first-order chi connectivity index (χ1) is 7.72. The van der Waals surface area contributed by atoms with Crippen molar-refractivity contribution in [2.75, 3.05) is 19.8 Å². The van der Waals surface area contributed by atoms with Crippen LogP contribution in [0.2, 0.25) is 0 Å².